The number of carbonyl (C=O) groups excluding carboxylic acids is 1. The Morgan fingerprint density at radius 1 is 1.50 bits per heavy atom. The van der Waals surface area contributed by atoms with Crippen LogP contribution in [0.25, 0.3) is 6.08 Å². The normalized spacial score (nSPS) is 13.5. The van der Waals surface area contributed by atoms with Gasteiger partial charge in [-0.25, -0.2) is 0 Å². The standard InChI is InChI=1S/C16H22N2O2/c1-5-13-10-14-6-7-18(12(2)19)15(14)11-16(13)20-9-8-17(3)4/h5,10-11H,1,6-9H2,2-4H3. The highest BCUT2D eigenvalue weighted by atomic mass is 16.5. The van der Waals surface area contributed by atoms with Gasteiger partial charge in [0.2, 0.25) is 5.91 Å². The van der Waals surface area contributed by atoms with Crippen LogP contribution in [0.5, 0.6) is 5.75 Å². The van der Waals surface area contributed by atoms with Crippen molar-refractivity contribution in [2.24, 2.45) is 0 Å². The van der Waals surface area contributed by atoms with Crippen molar-refractivity contribution in [3.05, 3.63) is 29.8 Å². The van der Waals surface area contributed by atoms with Crippen molar-refractivity contribution in [2.45, 2.75) is 13.3 Å². The molecular weight excluding hydrogens is 252 g/mol. The highest BCUT2D eigenvalue weighted by Crippen LogP contribution is 2.35. The lowest BCUT2D eigenvalue weighted by Gasteiger charge is -2.18. The van der Waals surface area contributed by atoms with E-state index in [-0.39, 0.29) is 5.91 Å². The first-order valence-electron chi connectivity index (χ1n) is 6.88. The van der Waals surface area contributed by atoms with Gasteiger partial charge >= 0.3 is 0 Å². The smallest absolute Gasteiger partial charge is 0.223 e. The third-order valence-electron chi connectivity index (χ3n) is 3.50. The van der Waals surface area contributed by atoms with E-state index in [2.05, 4.69) is 17.5 Å². The molecule has 0 N–H and O–H groups in total. The van der Waals surface area contributed by atoms with Gasteiger partial charge in [-0.05, 0) is 32.1 Å². The first kappa shape index (κ1) is 14.6. The van der Waals surface area contributed by atoms with Crippen molar-refractivity contribution < 1.29 is 9.53 Å². The topological polar surface area (TPSA) is 32.8 Å². The van der Waals surface area contributed by atoms with Gasteiger partial charge in [0.05, 0.1) is 5.69 Å². The molecule has 1 aliphatic rings. The molecule has 0 aromatic heterocycles. The second-order valence-electron chi connectivity index (χ2n) is 5.30. The van der Waals surface area contributed by atoms with Crippen LogP contribution in [-0.4, -0.2) is 44.6 Å². The molecule has 1 aromatic rings. The number of benzene rings is 1. The van der Waals surface area contributed by atoms with Crippen molar-refractivity contribution >= 4 is 17.7 Å². The van der Waals surface area contributed by atoms with Crippen molar-refractivity contribution in [3.8, 4) is 5.75 Å². The molecular formula is C16H22N2O2. The molecule has 0 atom stereocenters. The van der Waals surface area contributed by atoms with Crippen molar-refractivity contribution in [2.75, 3.05) is 38.7 Å². The minimum Gasteiger partial charge on any atom is -0.492 e. The van der Waals surface area contributed by atoms with Crippen molar-refractivity contribution in [1.82, 2.24) is 4.90 Å². The fourth-order valence-electron chi connectivity index (χ4n) is 2.39. The van der Waals surface area contributed by atoms with Gasteiger partial charge in [0.15, 0.2) is 0 Å². The molecule has 0 saturated carbocycles. The Bertz CT molecular complexity index is 523. The van der Waals surface area contributed by atoms with E-state index in [1.165, 1.54) is 5.56 Å². The fraction of sp³-hybridized carbons (Fsp3) is 0.438. The fourth-order valence-corrected chi connectivity index (χ4v) is 2.39. The minimum atomic E-state index is 0.0781. The van der Waals surface area contributed by atoms with E-state index in [0.717, 1.165) is 36.5 Å². The Balaban J connectivity index is 2.25. The van der Waals surface area contributed by atoms with E-state index in [1.807, 2.05) is 26.2 Å². The average Bonchev–Trinajstić information content (AvgIpc) is 2.80. The summed E-state index contributed by atoms with van der Waals surface area (Å²) in [4.78, 5) is 15.5. The maximum absolute atomic E-state index is 11.6. The molecule has 0 saturated heterocycles. The van der Waals surface area contributed by atoms with Crippen LogP contribution in [0.1, 0.15) is 18.1 Å². The second kappa shape index (κ2) is 6.09. The van der Waals surface area contributed by atoms with Crippen LogP contribution in [0, 0.1) is 0 Å². The van der Waals surface area contributed by atoms with Crippen LogP contribution in [0.3, 0.4) is 0 Å². The van der Waals surface area contributed by atoms with Gasteiger partial charge in [-0.15, -0.1) is 0 Å². The SMILES string of the molecule is C=Cc1cc2c(cc1OCCN(C)C)N(C(C)=O)CC2. The van der Waals surface area contributed by atoms with E-state index in [0.29, 0.717) is 6.61 Å². The van der Waals surface area contributed by atoms with E-state index in [1.54, 1.807) is 11.8 Å². The van der Waals surface area contributed by atoms with E-state index < -0.39 is 0 Å². The Hall–Kier alpha value is -1.81. The van der Waals surface area contributed by atoms with Crippen molar-refractivity contribution in [3.63, 3.8) is 0 Å². The third kappa shape index (κ3) is 3.02. The summed E-state index contributed by atoms with van der Waals surface area (Å²) in [5, 5.41) is 0. The monoisotopic (exact) mass is 274 g/mol. The molecule has 20 heavy (non-hydrogen) atoms. The lowest BCUT2D eigenvalue weighted by Crippen LogP contribution is -2.25. The number of carbonyl (C=O) groups is 1. The lowest BCUT2D eigenvalue weighted by atomic mass is 10.1. The third-order valence-corrected chi connectivity index (χ3v) is 3.50. The molecule has 1 heterocycles. The molecule has 0 unspecified atom stereocenters. The Morgan fingerprint density at radius 2 is 2.25 bits per heavy atom. The average molecular weight is 274 g/mol. The number of anilines is 1. The van der Waals surface area contributed by atoms with Gasteiger partial charge in [-0.3, -0.25) is 4.79 Å². The van der Waals surface area contributed by atoms with E-state index >= 15 is 0 Å². The van der Waals surface area contributed by atoms with Crippen LogP contribution >= 0.6 is 0 Å². The largest absolute Gasteiger partial charge is 0.492 e. The number of hydrogen-bond donors (Lipinski definition) is 0. The minimum absolute atomic E-state index is 0.0781. The zero-order chi connectivity index (χ0) is 14.7. The predicted molar refractivity (Wildman–Crippen MR) is 82.3 cm³/mol. The molecule has 0 spiro atoms. The highest BCUT2D eigenvalue weighted by molar-refractivity contribution is 5.94. The van der Waals surface area contributed by atoms with E-state index in [4.69, 9.17) is 4.74 Å². The summed E-state index contributed by atoms with van der Waals surface area (Å²) in [6.07, 6.45) is 2.70. The maximum atomic E-state index is 11.6. The van der Waals surface area contributed by atoms with Gasteiger partial charge in [0.25, 0.3) is 0 Å². The Labute approximate surface area is 120 Å². The molecule has 0 fully saturated rings. The molecule has 0 aliphatic carbocycles. The van der Waals surface area contributed by atoms with Gasteiger partial charge in [-0.1, -0.05) is 12.7 Å². The predicted octanol–water partition coefficient (Wildman–Crippen LogP) is 2.18. The van der Waals surface area contributed by atoms with Crippen LogP contribution in [0.4, 0.5) is 5.69 Å². The zero-order valence-electron chi connectivity index (χ0n) is 12.5. The summed E-state index contributed by atoms with van der Waals surface area (Å²) < 4.78 is 5.84. The highest BCUT2D eigenvalue weighted by Gasteiger charge is 2.23. The Kier molecular flexibility index (Phi) is 4.45. The maximum Gasteiger partial charge on any atom is 0.223 e. The Morgan fingerprint density at radius 3 is 2.85 bits per heavy atom. The molecule has 1 aliphatic heterocycles. The number of amides is 1. The van der Waals surface area contributed by atoms with Crippen LogP contribution in [-0.2, 0) is 11.2 Å². The summed E-state index contributed by atoms with van der Waals surface area (Å²) >= 11 is 0. The quantitative estimate of drug-likeness (QED) is 0.825. The van der Waals surface area contributed by atoms with Gasteiger partial charge in [-0.2, -0.15) is 0 Å². The van der Waals surface area contributed by atoms with Gasteiger partial charge in [0, 0.05) is 31.6 Å². The second-order valence-corrected chi connectivity index (χ2v) is 5.30. The number of ether oxygens (including phenoxy) is 1. The first-order chi connectivity index (χ1) is 9.52. The molecule has 0 radical (unpaired) electrons. The van der Waals surface area contributed by atoms with Crippen LogP contribution in [0.15, 0.2) is 18.7 Å². The summed E-state index contributed by atoms with van der Waals surface area (Å²) in [5.41, 5.74) is 3.16. The van der Waals surface area contributed by atoms with Crippen LogP contribution < -0.4 is 9.64 Å². The summed E-state index contributed by atoms with van der Waals surface area (Å²) in [5.74, 6) is 0.878. The van der Waals surface area contributed by atoms with Gasteiger partial charge in [0.1, 0.15) is 12.4 Å². The molecule has 0 bridgehead atoms. The molecule has 2 rings (SSSR count). The number of hydrogen-bond acceptors (Lipinski definition) is 3. The zero-order valence-corrected chi connectivity index (χ0v) is 12.5. The van der Waals surface area contributed by atoms with Crippen LogP contribution in [0.2, 0.25) is 0 Å². The first-order valence-corrected chi connectivity index (χ1v) is 6.88. The number of likely N-dealkylation sites (N-methyl/N-ethyl adjacent to an activating group) is 1. The molecule has 1 aromatic carbocycles. The molecule has 4 heteroatoms. The molecule has 108 valence electrons. The number of nitrogens with zero attached hydrogens (tertiary/aromatic N) is 2. The van der Waals surface area contributed by atoms with Crippen molar-refractivity contribution in [1.29, 1.82) is 0 Å². The van der Waals surface area contributed by atoms with Gasteiger partial charge < -0.3 is 14.5 Å². The van der Waals surface area contributed by atoms with E-state index in [9.17, 15) is 4.79 Å². The summed E-state index contributed by atoms with van der Waals surface area (Å²) in [6.45, 7) is 7.67. The number of fused-ring (bicyclic) bond motifs is 1. The number of rotatable bonds is 5. The summed E-state index contributed by atoms with van der Waals surface area (Å²) in [6, 6.07) is 4.05. The summed E-state index contributed by atoms with van der Waals surface area (Å²) in [7, 11) is 4.02. The lowest BCUT2D eigenvalue weighted by molar-refractivity contribution is -0.116. The molecule has 4 nitrogen and oxygen atoms in total. The molecule has 1 amide bonds.